The Morgan fingerprint density at radius 1 is 0.286 bits per heavy atom. The monoisotopic (exact) mass is 809 g/mol. The average Bonchev–Trinajstić information content (AvgIpc) is 3.42. The van der Waals surface area contributed by atoms with Crippen LogP contribution >= 0.6 is 0 Å². The molecule has 0 bridgehead atoms. The summed E-state index contributed by atoms with van der Waals surface area (Å²) in [7, 11) is 0. The second-order valence-corrected chi connectivity index (χ2v) is 15.5. The quantitative estimate of drug-likeness (QED) is 0.140. The van der Waals surface area contributed by atoms with E-state index in [1.807, 2.05) is 158 Å². The topological polar surface area (TPSA) is 3.24 Å². The van der Waals surface area contributed by atoms with Crippen molar-refractivity contribution in [2.75, 3.05) is 4.90 Å². The molecule has 0 heterocycles. The molecule has 0 unspecified atom stereocenters. The molecule has 11 aromatic carbocycles. The van der Waals surface area contributed by atoms with Crippen LogP contribution < -0.4 is 4.90 Å². The first-order valence-electron chi connectivity index (χ1n) is 25.0. The van der Waals surface area contributed by atoms with Crippen molar-refractivity contribution in [1.29, 1.82) is 0 Å². The van der Waals surface area contributed by atoms with Crippen LogP contribution in [0.15, 0.2) is 261 Å². The van der Waals surface area contributed by atoms with Crippen molar-refractivity contribution >= 4 is 38.6 Å². The molecule has 0 saturated carbocycles. The van der Waals surface area contributed by atoms with E-state index in [2.05, 4.69) is 36.4 Å². The summed E-state index contributed by atoms with van der Waals surface area (Å²) in [5.41, 5.74) is 8.79. The molecular formula is C62H43N. The van der Waals surface area contributed by atoms with Gasteiger partial charge in [0.2, 0.25) is 0 Å². The molecule has 0 amide bonds. The lowest BCUT2D eigenvalue weighted by atomic mass is 9.89. The summed E-state index contributed by atoms with van der Waals surface area (Å²) < 4.78 is 76.9. The smallest absolute Gasteiger partial charge is 0.0651 e. The van der Waals surface area contributed by atoms with E-state index in [1.54, 1.807) is 18.2 Å². The molecule has 0 N–H and O–H groups in total. The zero-order chi connectivity index (χ0) is 48.9. The van der Waals surface area contributed by atoms with E-state index < -0.39 is 24.2 Å². The maximum Gasteiger partial charge on any atom is 0.0651 e. The maximum absolute atomic E-state index is 9.92. The van der Waals surface area contributed by atoms with Gasteiger partial charge in [-0.2, -0.15) is 0 Å². The van der Waals surface area contributed by atoms with Gasteiger partial charge in [0.1, 0.15) is 0 Å². The van der Waals surface area contributed by atoms with Gasteiger partial charge in [0, 0.05) is 17.1 Å². The largest absolute Gasteiger partial charge is 0.310 e. The minimum absolute atomic E-state index is 0.0947. The highest BCUT2D eigenvalue weighted by molar-refractivity contribution is 6.04. The van der Waals surface area contributed by atoms with Gasteiger partial charge < -0.3 is 4.90 Å². The zero-order valence-corrected chi connectivity index (χ0v) is 34.2. The third-order valence-corrected chi connectivity index (χ3v) is 11.6. The Balaban J connectivity index is 1.14. The molecule has 11 rings (SSSR count). The third kappa shape index (κ3) is 7.47. The van der Waals surface area contributed by atoms with E-state index in [4.69, 9.17) is 0 Å². The minimum Gasteiger partial charge on any atom is -0.310 e. The normalized spacial score (nSPS) is 13.0. The molecule has 0 aliphatic heterocycles. The lowest BCUT2D eigenvalue weighted by molar-refractivity contribution is 1.28. The molecular weight excluding hydrogens is 759 g/mol. The van der Waals surface area contributed by atoms with E-state index in [-0.39, 0.29) is 46.7 Å². The van der Waals surface area contributed by atoms with Crippen LogP contribution in [-0.2, 0) is 0 Å². The summed E-state index contributed by atoms with van der Waals surface area (Å²) in [6, 6.07) is 65.9. The van der Waals surface area contributed by atoms with Gasteiger partial charge in [-0.3, -0.25) is 0 Å². The van der Waals surface area contributed by atoms with Gasteiger partial charge in [-0.25, -0.2) is 0 Å². The van der Waals surface area contributed by atoms with E-state index in [0.29, 0.717) is 16.8 Å². The number of fused-ring (bicyclic) bond motifs is 2. The van der Waals surface area contributed by atoms with Gasteiger partial charge in [-0.05, 0) is 137 Å². The molecule has 296 valence electrons. The predicted molar refractivity (Wildman–Crippen MR) is 269 cm³/mol. The number of nitrogens with zero attached hydrogens (tertiary/aromatic N) is 1. The van der Waals surface area contributed by atoms with Crippen molar-refractivity contribution in [2.24, 2.45) is 0 Å². The van der Waals surface area contributed by atoms with Crippen molar-refractivity contribution in [3.63, 3.8) is 0 Å². The van der Waals surface area contributed by atoms with Crippen LogP contribution in [0.25, 0.3) is 88.3 Å². The van der Waals surface area contributed by atoms with Gasteiger partial charge in [-0.1, -0.05) is 212 Å². The van der Waals surface area contributed by atoms with Gasteiger partial charge in [0.25, 0.3) is 0 Å². The molecule has 0 saturated heterocycles. The lowest BCUT2D eigenvalue weighted by Crippen LogP contribution is -2.10. The number of hydrogen-bond acceptors (Lipinski definition) is 1. The summed E-state index contributed by atoms with van der Waals surface area (Å²) >= 11 is 0. The molecule has 0 spiro atoms. The second-order valence-electron chi connectivity index (χ2n) is 15.5. The molecule has 0 aliphatic carbocycles. The lowest BCUT2D eigenvalue weighted by Gasteiger charge is -2.27. The van der Waals surface area contributed by atoms with E-state index in [9.17, 15) is 11.0 Å². The third-order valence-electron chi connectivity index (χ3n) is 11.6. The Morgan fingerprint density at radius 3 is 1.56 bits per heavy atom. The highest BCUT2D eigenvalue weighted by atomic mass is 15.1. The Hall–Kier alpha value is -8.26. The van der Waals surface area contributed by atoms with Gasteiger partial charge in [-0.15, -0.1) is 0 Å². The molecule has 1 heteroatoms. The first-order chi connectivity index (χ1) is 34.6. The Morgan fingerprint density at radius 2 is 0.825 bits per heavy atom. The van der Waals surface area contributed by atoms with Crippen LogP contribution in [-0.4, -0.2) is 0 Å². The Bertz CT molecular complexity index is 3810. The average molecular weight is 810 g/mol. The van der Waals surface area contributed by atoms with Gasteiger partial charge >= 0.3 is 0 Å². The van der Waals surface area contributed by atoms with Crippen molar-refractivity contribution in [3.05, 3.63) is 261 Å². The fraction of sp³-hybridized carbons (Fsp3) is 0. The zero-order valence-electron chi connectivity index (χ0n) is 42.2. The second kappa shape index (κ2) is 16.7. The van der Waals surface area contributed by atoms with Crippen molar-refractivity contribution < 1.29 is 11.0 Å². The molecule has 1 nitrogen and oxygen atoms in total. The standard InChI is InChI=1S/C62H43N/c1-4-16-46(17-5-1)58-39-34-54(43-61(58)47-18-6-2-7-19-47)45-29-35-55(36-30-45)63(57-25-14-24-52(42-57)53-28-27-44-15-10-11-23-51(44)41-53)56-37-31-49(32-38-56)60-40-33-48-20-12-13-26-59(48)62(60)50-21-8-3-9-22-50/h1-43H/i14D,24D,25D,29D,30D,35D,36D,42D. The molecule has 0 aliphatic rings. The summed E-state index contributed by atoms with van der Waals surface area (Å²) in [6.45, 7) is 0. The molecule has 11 aromatic rings. The first kappa shape index (κ1) is 29.9. The summed E-state index contributed by atoms with van der Waals surface area (Å²) in [5, 5.41) is 3.99. The van der Waals surface area contributed by atoms with E-state index in [0.717, 1.165) is 66.1 Å². The molecule has 0 fully saturated rings. The predicted octanol–water partition coefficient (Wildman–Crippen LogP) is 17.5. The van der Waals surface area contributed by atoms with Crippen LogP contribution in [0.5, 0.6) is 0 Å². The maximum atomic E-state index is 9.92. The highest BCUT2D eigenvalue weighted by Crippen LogP contribution is 2.42. The van der Waals surface area contributed by atoms with Crippen molar-refractivity contribution in [2.45, 2.75) is 0 Å². The SMILES string of the molecule is [2H]c1c([2H])c(-c2ccc3ccccc3c2)c([2H])c(N(c2ccc(-c3ccc4ccccc4c3-c3ccccc3)cc2)c2c([2H])c([2H])c(-c3ccc(-c4ccccc4)c(-c4ccccc4)c3)c([2H])c2[2H])c1[2H]. The number of benzene rings is 11. The molecule has 0 atom stereocenters. The van der Waals surface area contributed by atoms with Gasteiger partial charge in [0.05, 0.1) is 11.0 Å². The molecule has 63 heavy (non-hydrogen) atoms. The molecule has 0 radical (unpaired) electrons. The number of hydrogen-bond donors (Lipinski definition) is 0. The van der Waals surface area contributed by atoms with E-state index in [1.165, 1.54) is 4.90 Å². The first-order valence-corrected chi connectivity index (χ1v) is 21.0. The van der Waals surface area contributed by atoms with E-state index >= 15 is 0 Å². The Labute approximate surface area is 380 Å². The molecule has 0 aromatic heterocycles. The van der Waals surface area contributed by atoms with Crippen LogP contribution in [0.2, 0.25) is 0 Å². The fourth-order valence-corrected chi connectivity index (χ4v) is 8.51. The summed E-state index contributed by atoms with van der Waals surface area (Å²) in [4.78, 5) is 1.41. The van der Waals surface area contributed by atoms with Gasteiger partial charge in [0.15, 0.2) is 0 Å². The number of rotatable bonds is 9. The van der Waals surface area contributed by atoms with Crippen LogP contribution in [0, 0.1) is 0 Å². The van der Waals surface area contributed by atoms with Crippen molar-refractivity contribution in [1.82, 2.24) is 0 Å². The summed E-state index contributed by atoms with van der Waals surface area (Å²) in [6.07, 6.45) is 0. The highest BCUT2D eigenvalue weighted by Gasteiger charge is 2.17. The Kier molecular flexibility index (Phi) is 7.90. The van der Waals surface area contributed by atoms with Crippen LogP contribution in [0.4, 0.5) is 17.1 Å². The van der Waals surface area contributed by atoms with Crippen molar-refractivity contribution in [3.8, 4) is 66.8 Å². The van der Waals surface area contributed by atoms with Crippen LogP contribution in [0.1, 0.15) is 11.0 Å². The summed E-state index contributed by atoms with van der Waals surface area (Å²) in [5.74, 6) is 0. The van der Waals surface area contributed by atoms with Crippen LogP contribution in [0.3, 0.4) is 0 Å². The fourth-order valence-electron chi connectivity index (χ4n) is 8.51. The number of anilines is 3. The minimum atomic E-state index is -0.459.